The molecule has 102 valence electrons. The predicted molar refractivity (Wildman–Crippen MR) is 65.6 cm³/mol. The van der Waals surface area contributed by atoms with E-state index >= 15 is 0 Å². The lowest BCUT2D eigenvalue weighted by atomic mass is 10.6. The van der Waals surface area contributed by atoms with Crippen LogP contribution >= 0.6 is 34.7 Å². The number of hydrogen-bond donors (Lipinski definition) is 1. The summed E-state index contributed by atoms with van der Waals surface area (Å²) in [6.07, 6.45) is -1.56. The van der Waals surface area contributed by atoms with Crippen molar-refractivity contribution in [3.8, 4) is 0 Å². The van der Waals surface area contributed by atoms with Gasteiger partial charge in [0.2, 0.25) is 5.13 Å². The molecule has 0 spiro atoms. The van der Waals surface area contributed by atoms with Crippen LogP contribution in [-0.2, 0) is 0 Å². The van der Waals surface area contributed by atoms with Crippen molar-refractivity contribution in [1.82, 2.24) is 20.2 Å². The van der Waals surface area contributed by atoms with E-state index in [1.807, 2.05) is 0 Å². The van der Waals surface area contributed by atoms with Gasteiger partial charge in [-0.05, 0) is 11.8 Å². The molecule has 0 aliphatic carbocycles. The average Bonchev–Trinajstić information content (AvgIpc) is 2.77. The summed E-state index contributed by atoms with van der Waals surface area (Å²) in [7, 11) is 0. The van der Waals surface area contributed by atoms with E-state index in [-0.39, 0.29) is 5.13 Å². The molecule has 19 heavy (non-hydrogen) atoms. The molecule has 0 saturated carbocycles. The Kier molecular flexibility index (Phi) is 4.42. The van der Waals surface area contributed by atoms with Gasteiger partial charge in [0, 0.05) is 0 Å². The zero-order valence-corrected chi connectivity index (χ0v) is 11.4. The summed E-state index contributed by atoms with van der Waals surface area (Å²) in [6, 6.07) is 0. The fourth-order valence-corrected chi connectivity index (χ4v) is 2.79. The van der Waals surface area contributed by atoms with E-state index in [1.165, 1.54) is 12.5 Å². The van der Waals surface area contributed by atoms with Crippen molar-refractivity contribution < 1.29 is 13.2 Å². The highest BCUT2D eigenvalue weighted by atomic mass is 35.5. The van der Waals surface area contributed by atoms with E-state index in [0.717, 1.165) is 23.1 Å². The summed E-state index contributed by atoms with van der Waals surface area (Å²) in [5, 5.41) is 10.4. The predicted octanol–water partition coefficient (Wildman–Crippen LogP) is 3.11. The molecule has 2 aromatic heterocycles. The third kappa shape index (κ3) is 4.48. The Labute approximate surface area is 118 Å². The Hall–Kier alpha value is -1.13. The number of anilines is 1. The largest absolute Gasteiger partial charge is 0.405 e. The van der Waals surface area contributed by atoms with Crippen LogP contribution in [0.25, 0.3) is 0 Å². The number of nitrogens with one attached hydrogen (secondary N) is 1. The first-order valence-electron chi connectivity index (χ1n) is 4.71. The summed E-state index contributed by atoms with van der Waals surface area (Å²) < 4.78 is 36.4. The van der Waals surface area contributed by atoms with Gasteiger partial charge in [0.05, 0.1) is 11.2 Å². The molecule has 2 rings (SSSR count). The Morgan fingerprint density at radius 3 is 2.84 bits per heavy atom. The normalized spacial score (nSPS) is 11.6. The van der Waals surface area contributed by atoms with Crippen LogP contribution < -0.4 is 5.32 Å². The van der Waals surface area contributed by atoms with Crippen molar-refractivity contribution in [1.29, 1.82) is 0 Å². The summed E-state index contributed by atoms with van der Waals surface area (Å²) in [4.78, 5) is 7.65. The van der Waals surface area contributed by atoms with E-state index in [0.29, 0.717) is 14.4 Å². The van der Waals surface area contributed by atoms with E-state index in [9.17, 15) is 13.2 Å². The van der Waals surface area contributed by atoms with Gasteiger partial charge in [-0.1, -0.05) is 22.9 Å². The molecular formula is C8H5ClF3N5S2. The zero-order valence-electron chi connectivity index (χ0n) is 8.98. The molecule has 0 fully saturated rings. The van der Waals surface area contributed by atoms with E-state index in [2.05, 4.69) is 25.5 Å². The highest BCUT2D eigenvalue weighted by molar-refractivity contribution is 8.01. The molecule has 0 atom stereocenters. The van der Waals surface area contributed by atoms with E-state index in [4.69, 9.17) is 11.6 Å². The molecular weight excluding hydrogens is 323 g/mol. The lowest BCUT2D eigenvalue weighted by Gasteiger charge is -2.05. The molecule has 0 unspecified atom stereocenters. The third-order valence-corrected chi connectivity index (χ3v) is 4.00. The second-order valence-electron chi connectivity index (χ2n) is 3.12. The molecule has 0 amide bonds. The van der Waals surface area contributed by atoms with Crippen LogP contribution in [0.2, 0.25) is 5.02 Å². The monoisotopic (exact) mass is 327 g/mol. The number of nitrogens with zero attached hydrogens (tertiary/aromatic N) is 4. The molecule has 0 aliphatic rings. The lowest BCUT2D eigenvalue weighted by molar-refractivity contribution is -0.115. The molecule has 0 aliphatic heterocycles. The Morgan fingerprint density at radius 1 is 1.37 bits per heavy atom. The van der Waals surface area contributed by atoms with Gasteiger partial charge in [-0.25, -0.2) is 9.97 Å². The Morgan fingerprint density at radius 2 is 2.16 bits per heavy atom. The maximum absolute atomic E-state index is 12.0. The van der Waals surface area contributed by atoms with Crippen LogP contribution in [0.1, 0.15) is 0 Å². The van der Waals surface area contributed by atoms with Crippen molar-refractivity contribution >= 4 is 39.8 Å². The van der Waals surface area contributed by atoms with Crippen LogP contribution in [0.15, 0.2) is 21.9 Å². The SMILES string of the molecule is FC(F)(F)CNc1nnc(Sc2ncncc2Cl)s1. The fourth-order valence-electron chi connectivity index (χ4n) is 0.958. The van der Waals surface area contributed by atoms with Gasteiger partial charge < -0.3 is 5.32 Å². The third-order valence-electron chi connectivity index (χ3n) is 1.66. The minimum Gasteiger partial charge on any atom is -0.351 e. The topological polar surface area (TPSA) is 63.6 Å². The second-order valence-corrected chi connectivity index (χ2v) is 5.74. The molecule has 0 saturated heterocycles. The Bertz CT molecular complexity index is 561. The Balaban J connectivity index is 2.00. The van der Waals surface area contributed by atoms with Gasteiger partial charge in [-0.2, -0.15) is 13.2 Å². The van der Waals surface area contributed by atoms with Crippen LogP contribution in [-0.4, -0.2) is 32.9 Å². The van der Waals surface area contributed by atoms with Crippen LogP contribution in [0.4, 0.5) is 18.3 Å². The van der Waals surface area contributed by atoms with Crippen LogP contribution in [0, 0.1) is 0 Å². The number of halogens is 4. The standard InChI is InChI=1S/C8H5ClF3N5S2/c9-4-1-13-3-15-5(4)18-7-17-16-6(19-7)14-2-8(10,11)12/h1,3H,2H2,(H,14,16). The van der Waals surface area contributed by atoms with Gasteiger partial charge in [-0.15, -0.1) is 10.2 Å². The van der Waals surface area contributed by atoms with Gasteiger partial charge >= 0.3 is 6.18 Å². The molecule has 5 nitrogen and oxygen atoms in total. The first-order chi connectivity index (χ1) is 8.94. The number of rotatable bonds is 4. The van der Waals surface area contributed by atoms with Crippen molar-refractivity contribution in [2.75, 3.05) is 11.9 Å². The van der Waals surface area contributed by atoms with E-state index < -0.39 is 12.7 Å². The van der Waals surface area contributed by atoms with Gasteiger partial charge in [0.15, 0.2) is 4.34 Å². The molecule has 0 aromatic carbocycles. The van der Waals surface area contributed by atoms with Gasteiger partial charge in [0.25, 0.3) is 0 Å². The quantitative estimate of drug-likeness (QED) is 0.871. The lowest BCUT2D eigenvalue weighted by Crippen LogP contribution is -2.21. The maximum atomic E-state index is 12.0. The van der Waals surface area contributed by atoms with Crippen molar-refractivity contribution in [2.24, 2.45) is 0 Å². The molecule has 0 bridgehead atoms. The molecule has 11 heteroatoms. The molecule has 2 aromatic rings. The van der Waals surface area contributed by atoms with E-state index in [1.54, 1.807) is 0 Å². The molecule has 1 N–H and O–H groups in total. The summed E-state index contributed by atoms with van der Waals surface area (Å²) in [6.45, 7) is -1.15. The van der Waals surface area contributed by atoms with Gasteiger partial charge in [-0.3, -0.25) is 0 Å². The van der Waals surface area contributed by atoms with Crippen LogP contribution in [0.5, 0.6) is 0 Å². The molecule has 2 heterocycles. The fraction of sp³-hybridized carbons (Fsp3) is 0.250. The zero-order chi connectivity index (χ0) is 13.9. The highest BCUT2D eigenvalue weighted by Gasteiger charge is 2.27. The average molecular weight is 328 g/mol. The van der Waals surface area contributed by atoms with Crippen molar-refractivity contribution in [3.63, 3.8) is 0 Å². The minimum absolute atomic E-state index is 0.0880. The van der Waals surface area contributed by atoms with Crippen molar-refractivity contribution in [2.45, 2.75) is 15.5 Å². The van der Waals surface area contributed by atoms with Gasteiger partial charge in [0.1, 0.15) is 17.9 Å². The number of aromatic nitrogens is 4. The first kappa shape index (κ1) is 14.3. The highest BCUT2D eigenvalue weighted by Crippen LogP contribution is 2.34. The summed E-state index contributed by atoms with van der Waals surface area (Å²) >= 11 is 7.94. The number of hydrogen-bond acceptors (Lipinski definition) is 7. The smallest absolute Gasteiger partial charge is 0.351 e. The van der Waals surface area contributed by atoms with Crippen LogP contribution in [0.3, 0.4) is 0 Å². The van der Waals surface area contributed by atoms with Crippen molar-refractivity contribution in [3.05, 3.63) is 17.5 Å². The summed E-state index contributed by atoms with van der Waals surface area (Å²) in [5.41, 5.74) is 0. The number of alkyl halides is 3. The first-order valence-corrected chi connectivity index (χ1v) is 6.72. The second kappa shape index (κ2) is 5.88. The summed E-state index contributed by atoms with van der Waals surface area (Å²) in [5.74, 6) is 0. The maximum Gasteiger partial charge on any atom is 0.405 e. The molecule has 0 radical (unpaired) electrons. The minimum atomic E-state index is -4.30.